The molecule has 1 aromatic heterocycles. The predicted octanol–water partition coefficient (Wildman–Crippen LogP) is 4.71. The smallest absolute Gasteiger partial charge is 0.287 e. The van der Waals surface area contributed by atoms with Gasteiger partial charge >= 0.3 is 0 Å². The molecule has 1 N–H and O–H groups in total. The van der Waals surface area contributed by atoms with Crippen LogP contribution in [0.3, 0.4) is 0 Å². The van der Waals surface area contributed by atoms with Gasteiger partial charge in [0, 0.05) is 27.9 Å². The normalized spacial score (nSPS) is 11.8. The van der Waals surface area contributed by atoms with Crippen LogP contribution in [0.25, 0.3) is 0 Å². The van der Waals surface area contributed by atoms with Crippen LogP contribution in [0.4, 0.5) is 0 Å². The van der Waals surface area contributed by atoms with Crippen molar-refractivity contribution in [2.75, 3.05) is 6.61 Å². The highest BCUT2D eigenvalue weighted by molar-refractivity contribution is 7.83. The van der Waals surface area contributed by atoms with Gasteiger partial charge in [-0.2, -0.15) is 0 Å². The molecule has 29 heavy (non-hydrogen) atoms. The molecule has 0 aliphatic rings. The van der Waals surface area contributed by atoms with E-state index >= 15 is 0 Å². The Labute approximate surface area is 177 Å². The molecule has 0 saturated carbocycles. The number of halogens is 1. The van der Waals surface area contributed by atoms with Crippen molar-refractivity contribution in [2.24, 2.45) is 0 Å². The zero-order chi connectivity index (χ0) is 20.6. The van der Waals surface area contributed by atoms with Gasteiger partial charge in [0.2, 0.25) is 0 Å². The highest BCUT2D eigenvalue weighted by atomic mass is 35.5. The molecule has 3 rings (SSSR count). The van der Waals surface area contributed by atoms with E-state index in [1.165, 1.54) is 0 Å². The summed E-state index contributed by atoms with van der Waals surface area (Å²) in [5, 5.41) is 3.41. The van der Waals surface area contributed by atoms with Crippen molar-refractivity contribution in [2.45, 2.75) is 25.0 Å². The van der Waals surface area contributed by atoms with Crippen LogP contribution < -0.4 is 10.1 Å². The Balaban J connectivity index is 1.56. The van der Waals surface area contributed by atoms with Crippen molar-refractivity contribution in [3.05, 3.63) is 88.3 Å². The van der Waals surface area contributed by atoms with Crippen LogP contribution in [0, 0.1) is 0 Å². The van der Waals surface area contributed by atoms with Crippen molar-refractivity contribution < 1.29 is 18.2 Å². The van der Waals surface area contributed by atoms with Gasteiger partial charge in [-0.3, -0.25) is 9.00 Å². The van der Waals surface area contributed by atoms with Crippen LogP contribution in [0.1, 0.15) is 34.4 Å². The number of carbonyl (C=O) groups excluding carboxylic acids is 1. The third-order valence-corrected chi connectivity index (χ3v) is 5.78. The van der Waals surface area contributed by atoms with E-state index in [9.17, 15) is 9.00 Å². The van der Waals surface area contributed by atoms with Crippen LogP contribution in [-0.4, -0.2) is 16.7 Å². The maximum Gasteiger partial charge on any atom is 0.287 e. The highest BCUT2D eigenvalue weighted by Crippen LogP contribution is 2.20. The largest absolute Gasteiger partial charge is 0.494 e. The van der Waals surface area contributed by atoms with E-state index in [2.05, 4.69) is 5.32 Å². The lowest BCUT2D eigenvalue weighted by atomic mass is 10.2. The molecule has 152 valence electrons. The number of nitrogens with one attached hydrogen (secondary N) is 1. The second kappa shape index (κ2) is 10.3. The van der Waals surface area contributed by atoms with Gasteiger partial charge in [0.05, 0.1) is 18.1 Å². The van der Waals surface area contributed by atoms with E-state index in [4.69, 9.17) is 20.8 Å². The molecule has 0 spiro atoms. The Kier molecular flexibility index (Phi) is 7.49. The molecule has 5 nitrogen and oxygen atoms in total. The van der Waals surface area contributed by atoms with Gasteiger partial charge in [0.25, 0.3) is 5.91 Å². The van der Waals surface area contributed by atoms with Gasteiger partial charge in [-0.25, -0.2) is 0 Å². The van der Waals surface area contributed by atoms with Crippen molar-refractivity contribution in [1.82, 2.24) is 5.32 Å². The molecule has 0 saturated heterocycles. The average Bonchev–Trinajstić information content (AvgIpc) is 3.17. The lowest BCUT2D eigenvalue weighted by molar-refractivity contribution is 0.0921. The molecular formula is C22H22ClNO4S. The predicted molar refractivity (Wildman–Crippen MR) is 114 cm³/mol. The van der Waals surface area contributed by atoms with Crippen molar-refractivity contribution in [3.8, 4) is 5.75 Å². The summed E-state index contributed by atoms with van der Waals surface area (Å²) in [6.07, 6.45) is 0. The van der Waals surface area contributed by atoms with Gasteiger partial charge in [-0.15, -0.1) is 0 Å². The van der Waals surface area contributed by atoms with Crippen LogP contribution in [0.5, 0.6) is 5.75 Å². The summed E-state index contributed by atoms with van der Waals surface area (Å²) in [7, 11) is -1.20. The van der Waals surface area contributed by atoms with Crippen LogP contribution >= 0.6 is 11.6 Å². The average molecular weight is 432 g/mol. The summed E-state index contributed by atoms with van der Waals surface area (Å²) in [4.78, 5) is 12.4. The summed E-state index contributed by atoms with van der Waals surface area (Å²) in [5.74, 6) is 1.63. The lowest BCUT2D eigenvalue weighted by Gasteiger charge is -2.10. The number of ether oxygens (including phenoxy) is 1. The van der Waals surface area contributed by atoms with E-state index in [1.807, 2.05) is 49.4 Å². The zero-order valence-corrected chi connectivity index (χ0v) is 17.6. The third kappa shape index (κ3) is 5.95. The fourth-order valence-corrected chi connectivity index (χ4v) is 4.24. The Morgan fingerprint density at radius 2 is 1.76 bits per heavy atom. The number of benzene rings is 2. The first-order valence-electron chi connectivity index (χ1n) is 9.22. The summed E-state index contributed by atoms with van der Waals surface area (Å²) in [6.45, 7) is 2.79. The summed E-state index contributed by atoms with van der Waals surface area (Å²) >= 11 is 6.11. The van der Waals surface area contributed by atoms with Crippen molar-refractivity contribution >= 4 is 28.3 Å². The van der Waals surface area contributed by atoms with E-state index in [-0.39, 0.29) is 17.4 Å². The molecule has 1 heterocycles. The zero-order valence-electron chi connectivity index (χ0n) is 16.0. The molecule has 3 aromatic rings. The molecule has 0 fully saturated rings. The van der Waals surface area contributed by atoms with E-state index in [1.54, 1.807) is 18.2 Å². The Hall–Kier alpha value is -2.57. The number of carbonyl (C=O) groups is 1. The Morgan fingerprint density at radius 3 is 2.52 bits per heavy atom. The second-order valence-electron chi connectivity index (χ2n) is 6.31. The first kappa shape index (κ1) is 21.1. The summed E-state index contributed by atoms with van der Waals surface area (Å²) < 4.78 is 23.5. The number of hydrogen-bond donors (Lipinski definition) is 1. The van der Waals surface area contributed by atoms with Crippen molar-refractivity contribution in [1.29, 1.82) is 0 Å². The molecule has 2 aromatic carbocycles. The number of amides is 1. The van der Waals surface area contributed by atoms with Gasteiger partial charge < -0.3 is 14.5 Å². The minimum absolute atomic E-state index is 0.184. The van der Waals surface area contributed by atoms with Crippen LogP contribution in [0.15, 0.2) is 65.1 Å². The number of furan rings is 1. The third-order valence-electron chi connectivity index (χ3n) is 4.17. The number of rotatable bonds is 9. The molecule has 7 heteroatoms. The van der Waals surface area contributed by atoms with Gasteiger partial charge in [0.1, 0.15) is 11.5 Å². The molecule has 1 amide bonds. The first-order chi connectivity index (χ1) is 14.1. The van der Waals surface area contributed by atoms with Crippen molar-refractivity contribution in [3.63, 3.8) is 0 Å². The van der Waals surface area contributed by atoms with Gasteiger partial charge in [0.15, 0.2) is 5.76 Å². The summed E-state index contributed by atoms with van der Waals surface area (Å²) in [5.41, 5.74) is 1.71. The minimum Gasteiger partial charge on any atom is -0.494 e. The number of hydrogen-bond acceptors (Lipinski definition) is 4. The maximum absolute atomic E-state index is 12.4. The topological polar surface area (TPSA) is 68.5 Å². The molecule has 0 bridgehead atoms. The summed E-state index contributed by atoms with van der Waals surface area (Å²) in [6, 6.07) is 18.1. The van der Waals surface area contributed by atoms with E-state index in [0.29, 0.717) is 29.7 Å². The van der Waals surface area contributed by atoms with Crippen LogP contribution in [0.2, 0.25) is 5.02 Å². The minimum atomic E-state index is -1.20. The molecule has 1 atom stereocenters. The van der Waals surface area contributed by atoms with Gasteiger partial charge in [-0.1, -0.05) is 48.0 Å². The van der Waals surface area contributed by atoms with E-state index < -0.39 is 10.8 Å². The molecule has 0 unspecified atom stereocenters. The second-order valence-corrected chi connectivity index (χ2v) is 8.17. The number of para-hydroxylation sites is 1. The molecule has 0 aliphatic carbocycles. The molecule has 0 radical (unpaired) electrons. The quantitative estimate of drug-likeness (QED) is 0.532. The van der Waals surface area contributed by atoms with E-state index in [0.717, 1.165) is 16.9 Å². The standard InChI is InChI=1S/C22H22ClNO4S/c1-2-27-20-10-6-4-7-16(20)13-24-22(25)21-12-11-18(28-21)15-29(26)14-17-8-3-5-9-19(17)23/h3-12H,2,13-15H2,1H3,(H,24,25)/t29-/m1/s1. The first-order valence-corrected chi connectivity index (χ1v) is 11.1. The highest BCUT2D eigenvalue weighted by Gasteiger charge is 2.14. The maximum atomic E-state index is 12.4. The Morgan fingerprint density at radius 1 is 1.03 bits per heavy atom. The fourth-order valence-electron chi connectivity index (χ4n) is 2.78. The van der Waals surface area contributed by atoms with Crippen LogP contribution in [-0.2, 0) is 28.9 Å². The lowest BCUT2D eigenvalue weighted by Crippen LogP contribution is -2.22. The fraction of sp³-hybridized carbons (Fsp3) is 0.227. The monoisotopic (exact) mass is 431 g/mol. The Bertz CT molecular complexity index is 1000. The molecule has 0 aliphatic heterocycles. The molecular weight excluding hydrogens is 410 g/mol. The SMILES string of the molecule is CCOc1ccccc1CNC(=O)c1ccc(C[S@](=O)Cc2ccccc2Cl)o1. The van der Waals surface area contributed by atoms with Gasteiger partial charge in [-0.05, 0) is 36.8 Å².